The number of hydroxylamine groups is 1. The van der Waals surface area contributed by atoms with Gasteiger partial charge in [0.05, 0.1) is 6.92 Å². The Kier molecular flexibility index (Phi) is 3.68. The largest absolute Gasteiger partial charge is 0.597 e. The molecular formula is C4H8N4O6. The molecule has 0 bridgehead atoms. The molecule has 0 rings (SSSR count). The average molecular weight is 208 g/mol. The maximum absolute atomic E-state index is 10.7. The van der Waals surface area contributed by atoms with Crippen molar-refractivity contribution in [2.45, 2.75) is 12.6 Å². The first-order valence-corrected chi connectivity index (χ1v) is 3.32. The summed E-state index contributed by atoms with van der Waals surface area (Å²) in [5, 5.41) is 34.1. The van der Waals surface area contributed by atoms with Crippen molar-refractivity contribution in [1.82, 2.24) is 0 Å². The molecule has 10 nitrogen and oxygen atoms in total. The van der Waals surface area contributed by atoms with Crippen molar-refractivity contribution < 1.29 is 19.5 Å². The summed E-state index contributed by atoms with van der Waals surface area (Å²) in [5.41, 5.74) is -2.59. The van der Waals surface area contributed by atoms with Gasteiger partial charge in [-0.15, -0.1) is 0 Å². The van der Waals surface area contributed by atoms with Gasteiger partial charge in [0.2, 0.25) is 0 Å². The summed E-state index contributed by atoms with van der Waals surface area (Å²) in [7, 11) is 1.04. The van der Waals surface area contributed by atoms with Gasteiger partial charge < -0.3 is 10.0 Å². The number of hydrogen-bond donors (Lipinski definition) is 0. The van der Waals surface area contributed by atoms with E-state index < -0.39 is 22.1 Å². The zero-order valence-electron chi connectivity index (χ0n) is 7.45. The van der Waals surface area contributed by atoms with Crippen LogP contribution in [-0.4, -0.2) is 34.0 Å². The van der Waals surface area contributed by atoms with Gasteiger partial charge in [0.15, 0.2) is 5.28 Å². The van der Waals surface area contributed by atoms with Crippen LogP contribution in [0.5, 0.6) is 0 Å². The Labute approximate surface area is 77.6 Å². The number of nitro groups is 2. The van der Waals surface area contributed by atoms with Gasteiger partial charge in [0.1, 0.15) is 17.0 Å². The molecular weight excluding hydrogens is 200 g/mol. The standard InChI is InChI=1S/C4H8N4O6/c1-4(7(10)11,8(12)13)3-6(9)5-14-2/h3H2,1-2H3/b6-5-. The fourth-order valence-corrected chi connectivity index (χ4v) is 0.558. The molecule has 0 saturated carbocycles. The molecule has 0 aliphatic rings. The summed E-state index contributed by atoms with van der Waals surface area (Å²) in [4.78, 5) is 22.1. The molecule has 0 N–H and O–H groups in total. The van der Waals surface area contributed by atoms with Gasteiger partial charge in [-0.3, -0.25) is 20.2 Å². The van der Waals surface area contributed by atoms with E-state index in [-0.39, 0.29) is 4.86 Å². The first-order valence-electron chi connectivity index (χ1n) is 3.32. The molecule has 0 unspecified atom stereocenters. The molecule has 0 radical (unpaired) electrons. The van der Waals surface area contributed by atoms with Crippen LogP contribution in [0.3, 0.4) is 0 Å². The van der Waals surface area contributed by atoms with Crippen molar-refractivity contribution in [3.05, 3.63) is 25.4 Å². The van der Waals surface area contributed by atoms with Crippen molar-refractivity contribution in [3.8, 4) is 0 Å². The summed E-state index contributed by atoms with van der Waals surface area (Å²) in [6.45, 7) is -0.316. The predicted octanol–water partition coefficient (Wildman–Crippen LogP) is -0.220. The summed E-state index contributed by atoms with van der Waals surface area (Å²) in [6.07, 6.45) is 0. The van der Waals surface area contributed by atoms with Crippen molar-refractivity contribution >= 4 is 0 Å². The predicted molar refractivity (Wildman–Crippen MR) is 40.3 cm³/mol. The summed E-state index contributed by atoms with van der Waals surface area (Å²) in [6, 6.07) is 0. The Morgan fingerprint density at radius 2 is 1.71 bits per heavy atom. The number of rotatable bonds is 5. The van der Waals surface area contributed by atoms with E-state index in [1.54, 1.807) is 0 Å². The van der Waals surface area contributed by atoms with Crippen LogP contribution in [0.2, 0.25) is 0 Å². The lowest BCUT2D eigenvalue weighted by Crippen LogP contribution is -2.49. The molecule has 0 spiro atoms. The molecule has 14 heavy (non-hydrogen) atoms. The average Bonchev–Trinajstić information content (AvgIpc) is 2.03. The highest BCUT2D eigenvalue weighted by Gasteiger charge is 2.55. The molecule has 0 aromatic heterocycles. The first kappa shape index (κ1) is 12.0. The molecule has 0 aromatic rings. The summed E-state index contributed by atoms with van der Waals surface area (Å²) >= 11 is 0. The van der Waals surface area contributed by atoms with E-state index in [2.05, 4.69) is 10.1 Å². The van der Waals surface area contributed by atoms with Crippen molar-refractivity contribution in [3.63, 3.8) is 0 Å². The fraction of sp³-hybridized carbons (Fsp3) is 1.00. The van der Waals surface area contributed by atoms with Crippen LogP contribution < -0.4 is 0 Å². The monoisotopic (exact) mass is 208 g/mol. The Hall–Kier alpha value is -2.00. The van der Waals surface area contributed by atoms with Gasteiger partial charge in [-0.2, -0.15) is 0 Å². The summed E-state index contributed by atoms with van der Waals surface area (Å²) < 4.78 is 0. The van der Waals surface area contributed by atoms with Crippen LogP contribution in [0, 0.1) is 25.4 Å². The summed E-state index contributed by atoms with van der Waals surface area (Å²) in [5.74, 6) is 0. The topological polar surface area (TPSA) is 134 Å². The third-order valence-corrected chi connectivity index (χ3v) is 1.39. The molecule has 0 heterocycles. The maximum atomic E-state index is 10.7. The maximum Gasteiger partial charge on any atom is 0.515 e. The Balaban J connectivity index is 4.80. The normalized spacial score (nSPS) is 12.3. The molecule has 0 saturated heterocycles. The SMILES string of the molecule is CO/N=[N+](\[O-])CC(C)([N+](=O)[O-])[N+](=O)[O-]. The van der Waals surface area contributed by atoms with Gasteiger partial charge in [0.25, 0.3) is 0 Å². The van der Waals surface area contributed by atoms with Crippen LogP contribution in [0.4, 0.5) is 0 Å². The van der Waals surface area contributed by atoms with Gasteiger partial charge in [-0.1, -0.05) is 0 Å². The molecule has 0 fully saturated rings. The lowest BCUT2D eigenvalue weighted by atomic mass is 10.2. The highest BCUT2D eigenvalue weighted by molar-refractivity contribution is 4.56. The molecule has 0 aromatic carbocycles. The Morgan fingerprint density at radius 3 is 2.00 bits per heavy atom. The van der Waals surface area contributed by atoms with Crippen LogP contribution in [0.15, 0.2) is 5.28 Å². The van der Waals surface area contributed by atoms with E-state index >= 15 is 0 Å². The van der Waals surface area contributed by atoms with Gasteiger partial charge in [-0.05, 0) is 4.86 Å². The van der Waals surface area contributed by atoms with Crippen molar-refractivity contribution in [2.75, 3.05) is 13.7 Å². The van der Waals surface area contributed by atoms with Crippen LogP contribution in [0.25, 0.3) is 0 Å². The lowest BCUT2D eigenvalue weighted by Gasteiger charge is -2.09. The third-order valence-electron chi connectivity index (χ3n) is 1.39. The molecule has 0 aliphatic carbocycles. The van der Waals surface area contributed by atoms with Gasteiger partial charge >= 0.3 is 12.2 Å². The zero-order valence-corrected chi connectivity index (χ0v) is 7.45. The highest BCUT2D eigenvalue weighted by atomic mass is 16.7. The quantitative estimate of drug-likeness (QED) is 0.201. The van der Waals surface area contributed by atoms with E-state index in [0.29, 0.717) is 6.92 Å². The molecule has 0 amide bonds. The fourth-order valence-electron chi connectivity index (χ4n) is 0.558. The minimum Gasteiger partial charge on any atom is -0.597 e. The van der Waals surface area contributed by atoms with Gasteiger partial charge in [0, 0.05) is 0 Å². The van der Waals surface area contributed by atoms with E-state index in [1.165, 1.54) is 0 Å². The highest BCUT2D eigenvalue weighted by Crippen LogP contribution is 2.10. The van der Waals surface area contributed by atoms with E-state index in [1.807, 2.05) is 0 Å². The van der Waals surface area contributed by atoms with Crippen LogP contribution in [-0.2, 0) is 4.84 Å². The first-order chi connectivity index (χ1) is 6.34. The lowest BCUT2D eigenvalue weighted by molar-refractivity contribution is -0.821. The smallest absolute Gasteiger partial charge is 0.515 e. The van der Waals surface area contributed by atoms with Crippen LogP contribution >= 0.6 is 0 Å². The Morgan fingerprint density at radius 1 is 1.29 bits per heavy atom. The van der Waals surface area contributed by atoms with E-state index in [4.69, 9.17) is 0 Å². The Bertz CT molecular complexity index is 261. The second-order valence-corrected chi connectivity index (χ2v) is 2.51. The van der Waals surface area contributed by atoms with Crippen molar-refractivity contribution in [1.29, 1.82) is 0 Å². The minimum atomic E-state index is -2.59. The molecule has 0 atom stereocenters. The zero-order chi connectivity index (χ0) is 11.4. The second kappa shape index (κ2) is 4.30. The van der Waals surface area contributed by atoms with Crippen LogP contribution in [0.1, 0.15) is 6.92 Å². The third kappa shape index (κ3) is 2.50. The van der Waals surface area contributed by atoms with E-state index in [9.17, 15) is 25.4 Å². The van der Waals surface area contributed by atoms with Gasteiger partial charge in [-0.25, -0.2) is 0 Å². The molecule has 0 aliphatic heterocycles. The molecule has 10 heteroatoms. The minimum absolute atomic E-state index is 0.258. The van der Waals surface area contributed by atoms with E-state index in [0.717, 1.165) is 7.11 Å². The number of hydrogen-bond acceptors (Lipinski definition) is 7. The second-order valence-electron chi connectivity index (χ2n) is 2.51. The number of nitrogens with zero attached hydrogens (tertiary/aromatic N) is 4. The van der Waals surface area contributed by atoms with Crippen molar-refractivity contribution in [2.24, 2.45) is 5.28 Å². The molecule has 80 valence electrons.